The van der Waals surface area contributed by atoms with Crippen molar-refractivity contribution in [1.29, 1.82) is 0 Å². The number of aromatic nitrogens is 1. The van der Waals surface area contributed by atoms with E-state index in [-0.39, 0.29) is 5.76 Å². The van der Waals surface area contributed by atoms with Crippen LogP contribution < -0.4 is 5.76 Å². The zero-order valence-corrected chi connectivity index (χ0v) is 11.6. The van der Waals surface area contributed by atoms with Crippen LogP contribution in [-0.2, 0) is 6.67 Å². The molecule has 1 fully saturated rings. The summed E-state index contributed by atoms with van der Waals surface area (Å²) in [7, 11) is 0. The molecular formula is C13H15BrN2O2. The van der Waals surface area contributed by atoms with Gasteiger partial charge in [0.2, 0.25) is 0 Å². The summed E-state index contributed by atoms with van der Waals surface area (Å²) in [6.07, 6.45) is 3.73. The van der Waals surface area contributed by atoms with Crippen LogP contribution in [0.2, 0.25) is 0 Å². The minimum absolute atomic E-state index is 0.270. The lowest BCUT2D eigenvalue weighted by atomic mass is 10.1. The van der Waals surface area contributed by atoms with Crippen LogP contribution in [0.5, 0.6) is 0 Å². The summed E-state index contributed by atoms with van der Waals surface area (Å²) in [5, 5.41) is 0. The molecule has 0 N–H and O–H groups in total. The quantitative estimate of drug-likeness (QED) is 0.856. The summed E-state index contributed by atoms with van der Waals surface area (Å²) in [6.45, 7) is 2.76. The Kier molecular flexibility index (Phi) is 3.26. The number of oxazole rings is 1. The first-order valence-corrected chi connectivity index (χ1v) is 7.04. The number of hydrogen-bond donors (Lipinski definition) is 0. The van der Waals surface area contributed by atoms with Crippen molar-refractivity contribution in [3.05, 3.63) is 33.2 Å². The summed E-state index contributed by atoms with van der Waals surface area (Å²) in [5.41, 5.74) is 1.51. The van der Waals surface area contributed by atoms with E-state index in [1.165, 1.54) is 19.3 Å². The van der Waals surface area contributed by atoms with Crippen molar-refractivity contribution in [2.75, 3.05) is 13.1 Å². The van der Waals surface area contributed by atoms with E-state index >= 15 is 0 Å². The molecule has 2 aromatic rings. The average molecular weight is 311 g/mol. The van der Waals surface area contributed by atoms with Crippen molar-refractivity contribution in [3.63, 3.8) is 0 Å². The van der Waals surface area contributed by atoms with Gasteiger partial charge in [0.1, 0.15) is 0 Å². The minimum Gasteiger partial charge on any atom is -0.408 e. The molecule has 2 heterocycles. The standard InChI is InChI=1S/C13H15BrN2O2/c14-10-4-5-11-12(8-10)18-13(17)16(11)9-15-6-2-1-3-7-15/h4-5,8H,1-3,6-7,9H2. The second-order valence-corrected chi connectivity index (χ2v) is 5.64. The number of likely N-dealkylation sites (tertiary alicyclic amines) is 1. The number of fused-ring (bicyclic) bond motifs is 1. The second-order valence-electron chi connectivity index (χ2n) is 4.73. The number of nitrogens with zero attached hydrogens (tertiary/aromatic N) is 2. The molecule has 0 aliphatic carbocycles. The summed E-state index contributed by atoms with van der Waals surface area (Å²) < 4.78 is 7.91. The molecule has 1 aliphatic heterocycles. The van der Waals surface area contributed by atoms with Crippen LogP contribution in [0.3, 0.4) is 0 Å². The molecule has 1 aromatic carbocycles. The van der Waals surface area contributed by atoms with Crippen LogP contribution in [0.25, 0.3) is 11.1 Å². The predicted octanol–water partition coefficient (Wildman–Crippen LogP) is 2.80. The van der Waals surface area contributed by atoms with Gasteiger partial charge in [0.25, 0.3) is 0 Å². The van der Waals surface area contributed by atoms with Crippen molar-refractivity contribution in [1.82, 2.24) is 9.47 Å². The van der Waals surface area contributed by atoms with Gasteiger partial charge >= 0.3 is 5.76 Å². The van der Waals surface area contributed by atoms with Crippen LogP contribution in [0.15, 0.2) is 31.9 Å². The zero-order chi connectivity index (χ0) is 12.5. The molecule has 0 spiro atoms. The minimum atomic E-state index is -0.270. The summed E-state index contributed by atoms with van der Waals surface area (Å²) in [6, 6.07) is 5.70. The molecule has 96 valence electrons. The third kappa shape index (κ3) is 2.24. The Morgan fingerprint density at radius 2 is 2.00 bits per heavy atom. The topological polar surface area (TPSA) is 38.4 Å². The van der Waals surface area contributed by atoms with Gasteiger partial charge in [-0.1, -0.05) is 22.4 Å². The first kappa shape index (κ1) is 12.0. The second kappa shape index (κ2) is 4.90. The Morgan fingerprint density at radius 1 is 1.22 bits per heavy atom. The molecule has 0 unspecified atom stereocenters. The molecule has 5 heteroatoms. The summed E-state index contributed by atoms with van der Waals surface area (Å²) in [4.78, 5) is 14.2. The molecule has 4 nitrogen and oxygen atoms in total. The van der Waals surface area contributed by atoms with E-state index in [0.717, 1.165) is 23.1 Å². The maximum Gasteiger partial charge on any atom is 0.421 e. The Hall–Kier alpha value is -1.07. The summed E-state index contributed by atoms with van der Waals surface area (Å²) >= 11 is 3.38. The normalized spacial score (nSPS) is 17.4. The number of hydrogen-bond acceptors (Lipinski definition) is 3. The molecule has 1 aliphatic rings. The monoisotopic (exact) mass is 310 g/mol. The van der Waals surface area contributed by atoms with Crippen molar-refractivity contribution in [3.8, 4) is 0 Å². The van der Waals surface area contributed by atoms with E-state index in [1.807, 2.05) is 18.2 Å². The van der Waals surface area contributed by atoms with Crippen molar-refractivity contribution < 1.29 is 4.42 Å². The van der Waals surface area contributed by atoms with Gasteiger partial charge in [0.05, 0.1) is 12.2 Å². The van der Waals surface area contributed by atoms with E-state index in [1.54, 1.807) is 4.57 Å². The van der Waals surface area contributed by atoms with E-state index in [2.05, 4.69) is 20.8 Å². The molecule has 0 atom stereocenters. The SMILES string of the molecule is O=c1oc2cc(Br)ccc2n1CN1CCCCC1. The van der Waals surface area contributed by atoms with E-state index < -0.39 is 0 Å². The number of halogens is 1. The fourth-order valence-electron chi connectivity index (χ4n) is 2.47. The first-order valence-electron chi connectivity index (χ1n) is 6.25. The molecule has 0 amide bonds. The van der Waals surface area contributed by atoms with Crippen molar-refractivity contribution >= 4 is 27.0 Å². The molecule has 0 radical (unpaired) electrons. The smallest absolute Gasteiger partial charge is 0.408 e. The van der Waals surface area contributed by atoms with Gasteiger partial charge in [0, 0.05) is 4.47 Å². The highest BCUT2D eigenvalue weighted by Gasteiger charge is 2.15. The van der Waals surface area contributed by atoms with Crippen LogP contribution in [0.1, 0.15) is 19.3 Å². The van der Waals surface area contributed by atoms with Crippen molar-refractivity contribution in [2.24, 2.45) is 0 Å². The molecule has 3 rings (SSSR count). The molecule has 1 aromatic heterocycles. The lowest BCUT2D eigenvalue weighted by molar-refractivity contribution is 0.179. The molecular weight excluding hydrogens is 296 g/mol. The van der Waals surface area contributed by atoms with Crippen molar-refractivity contribution in [2.45, 2.75) is 25.9 Å². The van der Waals surface area contributed by atoms with Crippen LogP contribution in [0.4, 0.5) is 0 Å². The van der Waals surface area contributed by atoms with Gasteiger partial charge in [-0.3, -0.25) is 9.47 Å². The highest BCUT2D eigenvalue weighted by molar-refractivity contribution is 9.10. The first-order chi connectivity index (χ1) is 8.74. The Bertz CT molecular complexity index is 611. The average Bonchev–Trinajstić information content (AvgIpc) is 2.66. The number of rotatable bonds is 2. The van der Waals surface area contributed by atoms with Crippen LogP contribution in [0, 0.1) is 0 Å². The highest BCUT2D eigenvalue weighted by Crippen LogP contribution is 2.19. The maximum absolute atomic E-state index is 11.9. The van der Waals surface area contributed by atoms with Gasteiger partial charge in [-0.05, 0) is 44.1 Å². The predicted molar refractivity (Wildman–Crippen MR) is 73.6 cm³/mol. The molecule has 18 heavy (non-hydrogen) atoms. The fraction of sp³-hybridized carbons (Fsp3) is 0.462. The van der Waals surface area contributed by atoms with Gasteiger partial charge in [-0.2, -0.15) is 0 Å². The van der Waals surface area contributed by atoms with Gasteiger partial charge in [-0.15, -0.1) is 0 Å². The number of benzene rings is 1. The lowest BCUT2D eigenvalue weighted by Crippen LogP contribution is -2.34. The van der Waals surface area contributed by atoms with Gasteiger partial charge < -0.3 is 4.42 Å². The van der Waals surface area contributed by atoms with Gasteiger partial charge in [0.15, 0.2) is 5.58 Å². The molecule has 0 bridgehead atoms. The maximum atomic E-state index is 11.9. The third-order valence-electron chi connectivity index (χ3n) is 3.42. The zero-order valence-electron chi connectivity index (χ0n) is 10.1. The van der Waals surface area contributed by atoms with E-state index in [9.17, 15) is 4.79 Å². The Morgan fingerprint density at radius 3 is 2.78 bits per heavy atom. The van der Waals surface area contributed by atoms with E-state index in [4.69, 9.17) is 4.42 Å². The van der Waals surface area contributed by atoms with Crippen LogP contribution >= 0.6 is 15.9 Å². The van der Waals surface area contributed by atoms with Crippen LogP contribution in [-0.4, -0.2) is 22.6 Å². The summed E-state index contributed by atoms with van der Waals surface area (Å²) in [5.74, 6) is -0.270. The Labute approximate surface area is 113 Å². The van der Waals surface area contributed by atoms with E-state index in [0.29, 0.717) is 12.3 Å². The third-order valence-corrected chi connectivity index (χ3v) is 3.91. The lowest BCUT2D eigenvalue weighted by Gasteiger charge is -2.26. The fourth-order valence-corrected chi connectivity index (χ4v) is 2.82. The molecule has 1 saturated heterocycles. The highest BCUT2D eigenvalue weighted by atomic mass is 79.9. The Balaban J connectivity index is 1.95. The largest absolute Gasteiger partial charge is 0.421 e. The molecule has 0 saturated carbocycles. The van der Waals surface area contributed by atoms with Gasteiger partial charge in [-0.25, -0.2) is 4.79 Å². The number of piperidine rings is 1.